The zero-order valence-electron chi connectivity index (χ0n) is 17.4. The third-order valence-electron chi connectivity index (χ3n) is 5.44. The number of benzene rings is 2. The Balaban J connectivity index is 1.43. The van der Waals surface area contributed by atoms with Gasteiger partial charge in [0.15, 0.2) is 0 Å². The third-order valence-corrected chi connectivity index (χ3v) is 5.44. The highest BCUT2D eigenvalue weighted by atomic mass is 16.5. The first kappa shape index (κ1) is 21.3. The molecule has 1 saturated heterocycles. The van der Waals surface area contributed by atoms with E-state index in [-0.39, 0.29) is 18.3 Å². The lowest BCUT2D eigenvalue weighted by atomic mass is 9.88. The number of ether oxygens (including phenoxy) is 1. The first-order valence-corrected chi connectivity index (χ1v) is 10.3. The van der Waals surface area contributed by atoms with Gasteiger partial charge in [-0.2, -0.15) is 0 Å². The summed E-state index contributed by atoms with van der Waals surface area (Å²) in [6, 6.07) is 17.2. The van der Waals surface area contributed by atoms with E-state index in [2.05, 4.69) is 20.9 Å². The second-order valence-electron chi connectivity index (χ2n) is 7.62. The second-order valence-corrected chi connectivity index (χ2v) is 7.62. The van der Waals surface area contributed by atoms with Gasteiger partial charge in [-0.1, -0.05) is 30.3 Å². The zero-order chi connectivity index (χ0) is 22.4. The quantitative estimate of drug-likeness (QED) is 0.445. The molecule has 4 rings (SSSR count). The SMILES string of the molecule is O=C(N[C@]1(c2ccc(C(=O)Nc3ccccc3O)cc2)CCNC1)OCc1cccnc1. The number of amides is 2. The third kappa shape index (κ3) is 4.87. The lowest BCUT2D eigenvalue weighted by molar-refractivity contribution is 0.102. The Labute approximate surface area is 185 Å². The van der Waals surface area contributed by atoms with E-state index in [0.29, 0.717) is 24.2 Å². The molecule has 0 bridgehead atoms. The van der Waals surface area contributed by atoms with E-state index in [4.69, 9.17) is 4.74 Å². The van der Waals surface area contributed by atoms with E-state index in [1.807, 2.05) is 18.2 Å². The predicted octanol–water partition coefficient (Wildman–Crippen LogP) is 3.15. The number of pyridine rings is 1. The molecule has 4 N–H and O–H groups in total. The number of carbonyl (C=O) groups excluding carboxylic acids is 2. The molecular formula is C24H24N4O4. The summed E-state index contributed by atoms with van der Waals surface area (Å²) in [6.07, 6.45) is 3.49. The molecule has 3 aromatic rings. The summed E-state index contributed by atoms with van der Waals surface area (Å²) < 4.78 is 5.37. The van der Waals surface area contributed by atoms with Gasteiger partial charge in [-0.05, 0) is 48.9 Å². The molecule has 2 amide bonds. The Morgan fingerprint density at radius 1 is 1.09 bits per heavy atom. The van der Waals surface area contributed by atoms with Gasteiger partial charge in [-0.3, -0.25) is 9.78 Å². The van der Waals surface area contributed by atoms with Crippen molar-refractivity contribution >= 4 is 17.7 Å². The second kappa shape index (κ2) is 9.49. The number of anilines is 1. The van der Waals surface area contributed by atoms with Crippen molar-refractivity contribution in [2.75, 3.05) is 18.4 Å². The topological polar surface area (TPSA) is 113 Å². The van der Waals surface area contributed by atoms with Crippen molar-refractivity contribution in [2.24, 2.45) is 0 Å². The number of nitrogens with zero attached hydrogens (tertiary/aromatic N) is 1. The highest BCUT2D eigenvalue weighted by Gasteiger charge is 2.37. The van der Waals surface area contributed by atoms with Crippen molar-refractivity contribution in [1.82, 2.24) is 15.6 Å². The lowest BCUT2D eigenvalue weighted by Crippen LogP contribution is -2.47. The lowest BCUT2D eigenvalue weighted by Gasteiger charge is -2.30. The van der Waals surface area contributed by atoms with Crippen molar-refractivity contribution in [1.29, 1.82) is 0 Å². The molecule has 0 aliphatic carbocycles. The highest BCUT2D eigenvalue weighted by Crippen LogP contribution is 2.29. The fourth-order valence-electron chi connectivity index (χ4n) is 3.70. The molecule has 1 atom stereocenters. The van der Waals surface area contributed by atoms with Crippen LogP contribution in [-0.2, 0) is 16.9 Å². The number of alkyl carbamates (subject to hydrolysis) is 1. The van der Waals surface area contributed by atoms with E-state index in [9.17, 15) is 14.7 Å². The van der Waals surface area contributed by atoms with Gasteiger partial charge in [-0.25, -0.2) is 4.79 Å². The molecule has 164 valence electrons. The molecule has 8 heteroatoms. The van der Waals surface area contributed by atoms with Crippen molar-refractivity contribution < 1.29 is 19.4 Å². The first-order valence-electron chi connectivity index (χ1n) is 10.3. The number of aromatic hydroxyl groups is 1. The number of carbonyl (C=O) groups is 2. The molecule has 1 aromatic heterocycles. The largest absolute Gasteiger partial charge is 0.506 e. The predicted molar refractivity (Wildman–Crippen MR) is 119 cm³/mol. The van der Waals surface area contributed by atoms with Crippen LogP contribution in [0, 0.1) is 0 Å². The van der Waals surface area contributed by atoms with Gasteiger partial charge in [0.2, 0.25) is 0 Å². The van der Waals surface area contributed by atoms with Crippen LogP contribution in [0.2, 0.25) is 0 Å². The molecule has 1 aliphatic rings. The molecule has 0 spiro atoms. The maximum atomic E-state index is 12.5. The summed E-state index contributed by atoms with van der Waals surface area (Å²) in [6.45, 7) is 1.44. The minimum atomic E-state index is -0.626. The number of phenols is 1. The Morgan fingerprint density at radius 3 is 2.59 bits per heavy atom. The molecule has 2 aromatic carbocycles. The van der Waals surface area contributed by atoms with Crippen LogP contribution in [0.25, 0.3) is 0 Å². The van der Waals surface area contributed by atoms with E-state index in [1.54, 1.807) is 48.8 Å². The summed E-state index contributed by atoms with van der Waals surface area (Å²) in [5.74, 6) is -0.331. The van der Waals surface area contributed by atoms with Gasteiger partial charge in [0.05, 0.1) is 11.2 Å². The number of aromatic nitrogens is 1. The summed E-state index contributed by atoms with van der Waals surface area (Å²) in [5.41, 5.74) is 1.84. The molecule has 1 fully saturated rings. The van der Waals surface area contributed by atoms with Crippen molar-refractivity contribution in [3.05, 3.63) is 89.7 Å². The Morgan fingerprint density at radius 2 is 1.91 bits per heavy atom. The van der Waals surface area contributed by atoms with Crippen LogP contribution < -0.4 is 16.0 Å². The number of para-hydroxylation sites is 2. The van der Waals surface area contributed by atoms with Crippen LogP contribution in [0.3, 0.4) is 0 Å². The molecule has 0 saturated carbocycles. The maximum absolute atomic E-state index is 12.5. The number of nitrogens with one attached hydrogen (secondary N) is 3. The monoisotopic (exact) mass is 432 g/mol. The van der Waals surface area contributed by atoms with Gasteiger partial charge in [0.1, 0.15) is 12.4 Å². The van der Waals surface area contributed by atoms with Crippen LogP contribution in [0.1, 0.15) is 27.9 Å². The number of rotatable bonds is 6. The maximum Gasteiger partial charge on any atom is 0.408 e. The Bertz CT molecular complexity index is 1080. The van der Waals surface area contributed by atoms with E-state index in [1.165, 1.54) is 6.07 Å². The average molecular weight is 432 g/mol. The van der Waals surface area contributed by atoms with Gasteiger partial charge in [0.25, 0.3) is 5.91 Å². The van der Waals surface area contributed by atoms with E-state index < -0.39 is 11.6 Å². The molecule has 0 unspecified atom stereocenters. The Hall–Kier alpha value is -3.91. The smallest absolute Gasteiger partial charge is 0.408 e. The number of hydrogen-bond donors (Lipinski definition) is 4. The van der Waals surface area contributed by atoms with Crippen LogP contribution in [0.4, 0.5) is 10.5 Å². The van der Waals surface area contributed by atoms with Gasteiger partial charge < -0.3 is 25.8 Å². The fourth-order valence-corrected chi connectivity index (χ4v) is 3.70. The Kier molecular flexibility index (Phi) is 6.32. The van der Waals surface area contributed by atoms with Crippen molar-refractivity contribution in [2.45, 2.75) is 18.6 Å². The molecule has 8 nitrogen and oxygen atoms in total. The van der Waals surface area contributed by atoms with Crippen LogP contribution >= 0.6 is 0 Å². The van der Waals surface area contributed by atoms with E-state index >= 15 is 0 Å². The number of phenolic OH excluding ortho intramolecular Hbond substituents is 1. The molecule has 1 aliphatic heterocycles. The summed E-state index contributed by atoms with van der Waals surface area (Å²) in [4.78, 5) is 29.1. The van der Waals surface area contributed by atoms with E-state index in [0.717, 1.165) is 17.7 Å². The average Bonchev–Trinajstić information content (AvgIpc) is 3.29. The van der Waals surface area contributed by atoms with Gasteiger partial charge in [0, 0.05) is 30.1 Å². The fraction of sp³-hybridized carbons (Fsp3) is 0.208. The minimum absolute atomic E-state index is 0.00227. The van der Waals surface area contributed by atoms with Crippen LogP contribution in [0.15, 0.2) is 73.1 Å². The molecule has 0 radical (unpaired) electrons. The van der Waals surface area contributed by atoms with Gasteiger partial charge >= 0.3 is 6.09 Å². The van der Waals surface area contributed by atoms with Crippen LogP contribution in [0.5, 0.6) is 5.75 Å². The minimum Gasteiger partial charge on any atom is -0.506 e. The molecular weight excluding hydrogens is 408 g/mol. The summed E-state index contributed by atoms with van der Waals surface area (Å²) in [7, 11) is 0. The first-order chi connectivity index (χ1) is 15.6. The number of hydrogen-bond acceptors (Lipinski definition) is 6. The standard InChI is InChI=1S/C24H24N4O4/c29-21-6-2-1-5-20(21)27-22(30)18-7-9-19(10-8-18)24(11-13-26-16-24)28-23(31)32-15-17-4-3-12-25-14-17/h1-10,12,14,26,29H,11,13,15-16H2,(H,27,30)(H,28,31)/t24-/m1/s1. The molecule has 32 heavy (non-hydrogen) atoms. The normalized spacial score (nSPS) is 17.5. The zero-order valence-corrected chi connectivity index (χ0v) is 17.4. The summed E-state index contributed by atoms with van der Waals surface area (Å²) >= 11 is 0. The van der Waals surface area contributed by atoms with Gasteiger partial charge in [-0.15, -0.1) is 0 Å². The van der Waals surface area contributed by atoms with Crippen molar-refractivity contribution in [3.63, 3.8) is 0 Å². The highest BCUT2D eigenvalue weighted by molar-refractivity contribution is 6.05. The van der Waals surface area contributed by atoms with Crippen molar-refractivity contribution in [3.8, 4) is 5.75 Å². The van der Waals surface area contributed by atoms with Crippen LogP contribution in [-0.4, -0.2) is 35.2 Å². The molecule has 2 heterocycles. The summed E-state index contributed by atoms with van der Waals surface area (Å²) in [5, 5.41) is 18.8.